The van der Waals surface area contributed by atoms with Gasteiger partial charge in [0.05, 0.1) is 15.6 Å². The molecule has 0 spiro atoms. The van der Waals surface area contributed by atoms with E-state index in [1.54, 1.807) is 7.11 Å². The molecule has 5 heteroatoms. The van der Waals surface area contributed by atoms with Crippen molar-refractivity contribution < 1.29 is 9.47 Å². The van der Waals surface area contributed by atoms with E-state index in [4.69, 9.17) is 32.7 Å². The van der Waals surface area contributed by atoms with Crippen molar-refractivity contribution in [2.45, 2.75) is 37.8 Å². The highest BCUT2D eigenvalue weighted by Gasteiger charge is 2.40. The summed E-state index contributed by atoms with van der Waals surface area (Å²) in [6.45, 7) is 4.51. The monoisotopic (exact) mass is 331 g/mol. The Morgan fingerprint density at radius 2 is 2.00 bits per heavy atom. The van der Waals surface area contributed by atoms with Crippen LogP contribution in [0.5, 0.6) is 0 Å². The van der Waals surface area contributed by atoms with Crippen LogP contribution < -0.4 is 5.32 Å². The zero-order chi connectivity index (χ0) is 15.3. The third kappa shape index (κ3) is 4.11. The van der Waals surface area contributed by atoms with Crippen molar-refractivity contribution in [3.05, 3.63) is 33.8 Å². The summed E-state index contributed by atoms with van der Waals surface area (Å²) in [5, 5.41) is 4.76. The van der Waals surface area contributed by atoms with Gasteiger partial charge in [0.1, 0.15) is 0 Å². The number of nitrogens with one attached hydrogen (secondary N) is 1. The smallest absolute Gasteiger partial charge is 0.0877 e. The van der Waals surface area contributed by atoms with E-state index in [0.717, 1.165) is 39.0 Å². The predicted octanol–water partition coefficient (Wildman–Crippen LogP) is 3.71. The largest absolute Gasteiger partial charge is 0.381 e. The Morgan fingerprint density at radius 3 is 2.57 bits per heavy atom. The molecule has 0 aromatic heterocycles. The van der Waals surface area contributed by atoms with E-state index in [0.29, 0.717) is 10.0 Å². The molecule has 0 bridgehead atoms. The van der Waals surface area contributed by atoms with Gasteiger partial charge in [-0.05, 0) is 30.7 Å². The molecule has 1 aromatic carbocycles. The summed E-state index contributed by atoms with van der Waals surface area (Å²) in [6, 6.07) is 6.05. The van der Waals surface area contributed by atoms with Crippen molar-refractivity contribution in [3.8, 4) is 0 Å². The number of likely N-dealkylation sites (N-methyl/N-ethyl adjacent to an activating group) is 1. The second kappa shape index (κ2) is 7.80. The van der Waals surface area contributed by atoms with Gasteiger partial charge >= 0.3 is 0 Å². The van der Waals surface area contributed by atoms with Gasteiger partial charge in [-0.2, -0.15) is 0 Å². The summed E-state index contributed by atoms with van der Waals surface area (Å²) in [6.07, 6.45) is 2.67. The minimum Gasteiger partial charge on any atom is -0.381 e. The molecular weight excluding hydrogens is 309 g/mol. The molecule has 0 radical (unpaired) electrons. The first kappa shape index (κ1) is 17.0. The lowest BCUT2D eigenvalue weighted by Crippen LogP contribution is -2.56. The Balaban J connectivity index is 2.18. The normalized spacial score (nSPS) is 19.4. The van der Waals surface area contributed by atoms with Crippen molar-refractivity contribution in [1.29, 1.82) is 0 Å². The predicted molar refractivity (Wildman–Crippen MR) is 87.4 cm³/mol. The van der Waals surface area contributed by atoms with Crippen LogP contribution in [0.1, 0.15) is 25.3 Å². The highest BCUT2D eigenvalue weighted by Crippen LogP contribution is 2.31. The van der Waals surface area contributed by atoms with Gasteiger partial charge in [0.25, 0.3) is 0 Å². The topological polar surface area (TPSA) is 30.5 Å². The second-order valence-electron chi connectivity index (χ2n) is 5.44. The molecule has 0 amide bonds. The lowest BCUT2D eigenvalue weighted by Gasteiger charge is -2.42. The number of ether oxygens (including phenoxy) is 2. The first-order valence-corrected chi connectivity index (χ1v) is 8.17. The average Bonchev–Trinajstić information content (AvgIpc) is 2.51. The molecular formula is C16H23Cl2NO2. The zero-order valence-corrected chi connectivity index (χ0v) is 14.1. The van der Waals surface area contributed by atoms with Crippen LogP contribution in [-0.2, 0) is 15.9 Å². The van der Waals surface area contributed by atoms with Crippen LogP contribution in [-0.4, -0.2) is 38.5 Å². The zero-order valence-electron chi connectivity index (χ0n) is 12.6. The maximum absolute atomic E-state index is 6.13. The fraction of sp³-hybridized carbons (Fsp3) is 0.625. The molecule has 1 aliphatic rings. The number of methoxy groups -OCH3 is 1. The Labute approximate surface area is 136 Å². The summed E-state index contributed by atoms with van der Waals surface area (Å²) in [7, 11) is 1.80. The van der Waals surface area contributed by atoms with Crippen LogP contribution >= 0.6 is 23.2 Å². The van der Waals surface area contributed by atoms with E-state index in [1.165, 1.54) is 5.56 Å². The number of halogens is 2. The molecule has 1 aliphatic heterocycles. The Kier molecular flexibility index (Phi) is 6.33. The highest BCUT2D eigenvalue weighted by molar-refractivity contribution is 6.42. The van der Waals surface area contributed by atoms with Crippen molar-refractivity contribution in [2.24, 2.45) is 0 Å². The Hall–Kier alpha value is -0.320. The fourth-order valence-electron chi connectivity index (χ4n) is 3.00. The van der Waals surface area contributed by atoms with Crippen LogP contribution in [0.15, 0.2) is 18.2 Å². The maximum atomic E-state index is 6.13. The van der Waals surface area contributed by atoms with Crippen molar-refractivity contribution in [2.75, 3.05) is 26.9 Å². The molecule has 0 saturated carbocycles. The van der Waals surface area contributed by atoms with Crippen molar-refractivity contribution in [1.82, 2.24) is 5.32 Å². The minimum atomic E-state index is -0.180. The molecule has 21 heavy (non-hydrogen) atoms. The van der Waals surface area contributed by atoms with Gasteiger partial charge in [-0.25, -0.2) is 0 Å². The Morgan fingerprint density at radius 1 is 1.29 bits per heavy atom. The first-order valence-electron chi connectivity index (χ1n) is 7.41. The minimum absolute atomic E-state index is 0.180. The maximum Gasteiger partial charge on any atom is 0.0877 e. The molecule has 1 unspecified atom stereocenters. The Bertz CT molecular complexity index is 462. The second-order valence-corrected chi connectivity index (χ2v) is 6.26. The van der Waals surface area contributed by atoms with Gasteiger partial charge in [0, 0.05) is 39.2 Å². The molecule has 3 nitrogen and oxygen atoms in total. The van der Waals surface area contributed by atoms with E-state index in [9.17, 15) is 0 Å². The van der Waals surface area contributed by atoms with E-state index in [-0.39, 0.29) is 11.6 Å². The first-order chi connectivity index (χ1) is 10.1. The SMILES string of the molecule is CCNC(Cc1ccc(Cl)c(Cl)c1)C1(OC)CCOCC1. The molecule has 1 saturated heterocycles. The van der Waals surface area contributed by atoms with Crippen molar-refractivity contribution >= 4 is 23.2 Å². The van der Waals surface area contributed by atoms with Crippen LogP contribution in [0.25, 0.3) is 0 Å². The summed E-state index contributed by atoms with van der Waals surface area (Å²) in [5.74, 6) is 0. The van der Waals surface area contributed by atoms with Crippen molar-refractivity contribution in [3.63, 3.8) is 0 Å². The molecule has 1 fully saturated rings. The molecule has 1 aromatic rings. The molecule has 1 heterocycles. The fourth-order valence-corrected chi connectivity index (χ4v) is 3.33. The standard InChI is InChI=1S/C16H23Cl2NO2/c1-3-19-15(16(20-2)6-8-21-9-7-16)11-12-4-5-13(17)14(18)10-12/h4-5,10,15,19H,3,6-9,11H2,1-2H3. The third-order valence-corrected chi connectivity index (χ3v) is 4.99. The number of hydrogen-bond donors (Lipinski definition) is 1. The lowest BCUT2D eigenvalue weighted by atomic mass is 9.82. The van der Waals surface area contributed by atoms with Gasteiger partial charge in [-0.3, -0.25) is 0 Å². The summed E-state index contributed by atoms with van der Waals surface area (Å²) >= 11 is 12.1. The van der Waals surface area contributed by atoms with Gasteiger partial charge < -0.3 is 14.8 Å². The summed E-state index contributed by atoms with van der Waals surface area (Å²) < 4.78 is 11.4. The van der Waals surface area contributed by atoms with Gasteiger partial charge in [-0.1, -0.05) is 36.2 Å². The van der Waals surface area contributed by atoms with E-state index in [1.807, 2.05) is 18.2 Å². The number of hydrogen-bond acceptors (Lipinski definition) is 3. The van der Waals surface area contributed by atoms with E-state index >= 15 is 0 Å². The number of rotatable bonds is 6. The van der Waals surface area contributed by atoms with Gasteiger partial charge in [0.15, 0.2) is 0 Å². The molecule has 118 valence electrons. The average molecular weight is 332 g/mol. The van der Waals surface area contributed by atoms with Gasteiger partial charge in [0.2, 0.25) is 0 Å². The summed E-state index contributed by atoms with van der Waals surface area (Å²) in [5.41, 5.74) is 0.985. The van der Waals surface area contributed by atoms with Crippen LogP contribution in [0, 0.1) is 0 Å². The lowest BCUT2D eigenvalue weighted by molar-refractivity contribution is -0.110. The van der Waals surface area contributed by atoms with E-state index in [2.05, 4.69) is 12.2 Å². The number of benzene rings is 1. The highest BCUT2D eigenvalue weighted by atomic mass is 35.5. The van der Waals surface area contributed by atoms with Gasteiger partial charge in [-0.15, -0.1) is 0 Å². The molecule has 0 aliphatic carbocycles. The van der Waals surface area contributed by atoms with Crippen LogP contribution in [0.3, 0.4) is 0 Å². The molecule has 1 N–H and O–H groups in total. The van der Waals surface area contributed by atoms with E-state index < -0.39 is 0 Å². The third-order valence-electron chi connectivity index (χ3n) is 4.26. The van der Waals surface area contributed by atoms with Crippen LogP contribution in [0.4, 0.5) is 0 Å². The molecule has 2 rings (SSSR count). The molecule has 1 atom stereocenters. The van der Waals surface area contributed by atoms with Crippen LogP contribution in [0.2, 0.25) is 10.0 Å². The summed E-state index contributed by atoms with van der Waals surface area (Å²) in [4.78, 5) is 0. The quantitative estimate of drug-likeness (QED) is 0.861.